The first kappa shape index (κ1) is 10.3. The van der Waals surface area contributed by atoms with Gasteiger partial charge in [-0.15, -0.1) is 0 Å². The average molecular weight is 282 g/mol. The molecular weight excluding hydrogens is 269 g/mol. The van der Waals surface area contributed by atoms with Gasteiger partial charge < -0.3 is 0 Å². The van der Waals surface area contributed by atoms with Crippen LogP contribution in [0.4, 0.5) is 0 Å². The molecule has 3 nitrogen and oxygen atoms in total. The van der Waals surface area contributed by atoms with Crippen molar-refractivity contribution in [3.63, 3.8) is 0 Å². The molecule has 0 spiro atoms. The second-order valence-corrected chi connectivity index (χ2v) is 6.19. The van der Waals surface area contributed by atoms with Gasteiger partial charge in [-0.3, -0.25) is 0 Å². The molecule has 0 bridgehead atoms. The van der Waals surface area contributed by atoms with E-state index in [1.165, 1.54) is 4.26 Å². The van der Waals surface area contributed by atoms with Crippen molar-refractivity contribution in [3.05, 3.63) is 34.6 Å². The van der Waals surface area contributed by atoms with E-state index in [0.717, 1.165) is 31.4 Å². The van der Waals surface area contributed by atoms with Crippen molar-refractivity contribution in [2.45, 2.75) is 18.9 Å². The molecule has 0 unspecified atom stereocenters. The minimum atomic E-state index is 0.176. The van der Waals surface area contributed by atoms with Gasteiger partial charge in [0.1, 0.15) is 0 Å². The Morgan fingerprint density at radius 3 is 2.75 bits per heavy atom. The monoisotopic (exact) mass is 283 g/mol. The van der Waals surface area contributed by atoms with Crippen LogP contribution in [-0.2, 0) is 4.74 Å². The molecule has 1 aliphatic rings. The van der Waals surface area contributed by atoms with Gasteiger partial charge in [-0.25, -0.2) is 0 Å². The predicted molar refractivity (Wildman–Crippen MR) is 64.2 cm³/mol. The third-order valence-electron chi connectivity index (χ3n) is 3.04. The number of hydrogen-bond donors (Lipinski definition) is 0. The molecule has 1 aromatic carbocycles. The van der Waals surface area contributed by atoms with Crippen molar-refractivity contribution in [2.24, 2.45) is 0 Å². The van der Waals surface area contributed by atoms with Crippen molar-refractivity contribution < 1.29 is 4.74 Å². The van der Waals surface area contributed by atoms with Crippen molar-refractivity contribution in [2.75, 3.05) is 13.2 Å². The maximum atomic E-state index is 12.2. The Bertz CT molecular complexity index is 551. The molecule has 2 heterocycles. The summed E-state index contributed by atoms with van der Waals surface area (Å²) in [4.78, 5) is 12.2. The summed E-state index contributed by atoms with van der Waals surface area (Å²) in [5.41, 5.74) is 0.225. The molecule has 1 saturated heterocycles. The summed E-state index contributed by atoms with van der Waals surface area (Å²) >= 11 is 0.176. The Hall–Kier alpha value is -0.831. The summed E-state index contributed by atoms with van der Waals surface area (Å²) < 4.78 is 8.64. The van der Waals surface area contributed by atoms with E-state index in [-0.39, 0.29) is 20.3 Å². The van der Waals surface area contributed by atoms with E-state index >= 15 is 0 Å². The molecule has 2 aromatic rings. The van der Waals surface area contributed by atoms with E-state index in [9.17, 15) is 4.79 Å². The SMILES string of the molecule is O=c1c2ccccc2[se]n1C1CCOCC1. The summed E-state index contributed by atoms with van der Waals surface area (Å²) in [6.45, 7) is 1.59. The zero-order valence-corrected chi connectivity index (χ0v) is 10.6. The quantitative estimate of drug-likeness (QED) is 0.741. The Labute approximate surface area is 99.6 Å². The summed E-state index contributed by atoms with van der Waals surface area (Å²) in [7, 11) is 0. The zero-order chi connectivity index (χ0) is 11.0. The molecule has 1 aliphatic heterocycles. The molecule has 0 aliphatic carbocycles. The zero-order valence-electron chi connectivity index (χ0n) is 8.89. The predicted octanol–water partition coefficient (Wildman–Crippen LogP) is 1.41. The van der Waals surface area contributed by atoms with E-state index in [1.54, 1.807) is 0 Å². The van der Waals surface area contributed by atoms with Crippen LogP contribution in [0.15, 0.2) is 29.1 Å². The Morgan fingerprint density at radius 1 is 1.25 bits per heavy atom. The normalized spacial score (nSPS) is 18.0. The van der Waals surface area contributed by atoms with Crippen LogP contribution in [0.2, 0.25) is 0 Å². The van der Waals surface area contributed by atoms with Crippen LogP contribution in [0, 0.1) is 0 Å². The van der Waals surface area contributed by atoms with Crippen molar-refractivity contribution in [3.8, 4) is 0 Å². The van der Waals surface area contributed by atoms with Gasteiger partial charge in [-0.1, -0.05) is 0 Å². The molecule has 0 atom stereocenters. The summed E-state index contributed by atoms with van der Waals surface area (Å²) in [6, 6.07) is 8.38. The third-order valence-corrected chi connectivity index (χ3v) is 5.58. The van der Waals surface area contributed by atoms with Crippen LogP contribution in [0.25, 0.3) is 9.65 Å². The van der Waals surface area contributed by atoms with Gasteiger partial charge in [0.15, 0.2) is 0 Å². The van der Waals surface area contributed by atoms with Gasteiger partial charge in [-0.05, 0) is 0 Å². The molecule has 16 heavy (non-hydrogen) atoms. The van der Waals surface area contributed by atoms with Crippen LogP contribution >= 0.6 is 0 Å². The van der Waals surface area contributed by atoms with Crippen molar-refractivity contribution in [1.82, 2.24) is 3.56 Å². The summed E-state index contributed by atoms with van der Waals surface area (Å²) in [6.07, 6.45) is 1.98. The van der Waals surface area contributed by atoms with Gasteiger partial charge in [0.25, 0.3) is 0 Å². The van der Waals surface area contributed by atoms with Gasteiger partial charge in [0, 0.05) is 0 Å². The fourth-order valence-corrected chi connectivity index (χ4v) is 4.55. The molecule has 0 amide bonds. The first-order valence-corrected chi connectivity index (χ1v) is 7.17. The second-order valence-electron chi connectivity index (χ2n) is 4.06. The van der Waals surface area contributed by atoms with Crippen molar-refractivity contribution >= 4 is 24.4 Å². The molecule has 1 fully saturated rings. The molecule has 3 rings (SSSR count). The summed E-state index contributed by atoms with van der Waals surface area (Å²) in [5.74, 6) is 0. The van der Waals surface area contributed by atoms with Crippen LogP contribution < -0.4 is 5.56 Å². The molecule has 4 heteroatoms. The van der Waals surface area contributed by atoms with Gasteiger partial charge in [0.2, 0.25) is 0 Å². The van der Waals surface area contributed by atoms with Gasteiger partial charge >= 0.3 is 99.4 Å². The number of ether oxygens (including phenoxy) is 1. The molecule has 0 N–H and O–H groups in total. The molecule has 1 aromatic heterocycles. The van der Waals surface area contributed by atoms with E-state index in [0.29, 0.717) is 6.04 Å². The molecule has 84 valence electrons. The van der Waals surface area contributed by atoms with Crippen LogP contribution in [0.1, 0.15) is 18.9 Å². The van der Waals surface area contributed by atoms with Crippen LogP contribution in [0.5, 0.6) is 0 Å². The maximum absolute atomic E-state index is 12.2. The Balaban J connectivity index is 2.09. The standard InChI is InChI=1S/C12H13NO2Se/c14-12-10-3-1-2-4-11(10)16-13(12)9-5-7-15-8-6-9/h1-4,9H,5-8H2. The second kappa shape index (κ2) is 4.21. The topological polar surface area (TPSA) is 31.2 Å². The number of rotatable bonds is 1. The Morgan fingerprint density at radius 2 is 2.00 bits per heavy atom. The van der Waals surface area contributed by atoms with Crippen LogP contribution in [0.3, 0.4) is 0 Å². The molecular formula is C12H13NO2Se. The number of fused-ring (bicyclic) bond motifs is 1. The first-order valence-electron chi connectivity index (χ1n) is 5.54. The number of hydrogen-bond acceptors (Lipinski definition) is 2. The van der Waals surface area contributed by atoms with Gasteiger partial charge in [0.05, 0.1) is 0 Å². The third kappa shape index (κ3) is 1.67. The van der Waals surface area contributed by atoms with Gasteiger partial charge in [-0.2, -0.15) is 0 Å². The fourth-order valence-electron chi connectivity index (χ4n) is 2.15. The minimum absolute atomic E-state index is 0.176. The Kier molecular flexibility index (Phi) is 2.72. The fraction of sp³-hybridized carbons (Fsp3) is 0.417. The number of aromatic nitrogens is 1. The average Bonchev–Trinajstić information content (AvgIpc) is 2.69. The van der Waals surface area contributed by atoms with E-state index in [2.05, 4.69) is 9.63 Å². The van der Waals surface area contributed by atoms with Crippen LogP contribution in [-0.4, -0.2) is 31.5 Å². The summed E-state index contributed by atoms with van der Waals surface area (Å²) in [5, 5.41) is 0.911. The first-order chi connectivity index (χ1) is 7.86. The molecule has 0 radical (unpaired) electrons. The van der Waals surface area contributed by atoms with E-state index < -0.39 is 0 Å². The number of nitrogens with zero attached hydrogens (tertiary/aromatic N) is 1. The van der Waals surface area contributed by atoms with E-state index in [1.807, 2.05) is 18.2 Å². The van der Waals surface area contributed by atoms with E-state index in [4.69, 9.17) is 4.74 Å². The molecule has 0 saturated carbocycles. The number of benzene rings is 1. The van der Waals surface area contributed by atoms with Crippen molar-refractivity contribution in [1.29, 1.82) is 0 Å².